The fourth-order valence-corrected chi connectivity index (χ4v) is 5.14. The van der Waals surface area contributed by atoms with Gasteiger partial charge in [-0.25, -0.2) is 0 Å². The van der Waals surface area contributed by atoms with Crippen LogP contribution >= 0.6 is 0 Å². The Bertz CT molecular complexity index is 575. The van der Waals surface area contributed by atoms with Gasteiger partial charge in [0.2, 0.25) is 11.8 Å². The molecule has 184 valence electrons. The average molecular weight is 453 g/mol. The van der Waals surface area contributed by atoms with Crippen molar-refractivity contribution >= 4 is 17.8 Å². The van der Waals surface area contributed by atoms with Crippen molar-refractivity contribution in [2.45, 2.75) is 121 Å². The molecule has 0 aromatic heterocycles. The van der Waals surface area contributed by atoms with Crippen LogP contribution in [0.3, 0.4) is 0 Å². The summed E-state index contributed by atoms with van der Waals surface area (Å²) >= 11 is 0. The summed E-state index contributed by atoms with van der Waals surface area (Å²) in [4.78, 5) is 34.9. The van der Waals surface area contributed by atoms with Crippen LogP contribution in [0.15, 0.2) is 0 Å². The second-order valence-corrected chi connectivity index (χ2v) is 9.84. The number of nitrogens with one attached hydrogen (secondary N) is 2. The molecule has 0 aliphatic heterocycles. The Hall–Kier alpha value is -1.63. The Kier molecular flexibility index (Phi) is 12.7. The monoisotopic (exact) mass is 452 g/mol. The van der Waals surface area contributed by atoms with E-state index in [0.717, 1.165) is 96.3 Å². The predicted molar refractivity (Wildman–Crippen MR) is 124 cm³/mol. The normalized spacial score (nSPS) is 25.8. The number of hydrogen-bond donors (Lipinski definition) is 4. The number of carbonyl (C=O) groups excluding carboxylic acids is 2. The molecule has 7 heteroatoms. The fourth-order valence-electron chi connectivity index (χ4n) is 5.14. The molecule has 0 bridgehead atoms. The molecular weight excluding hydrogens is 408 g/mol. The van der Waals surface area contributed by atoms with Gasteiger partial charge in [-0.2, -0.15) is 0 Å². The zero-order valence-corrected chi connectivity index (χ0v) is 19.7. The van der Waals surface area contributed by atoms with Crippen molar-refractivity contribution < 1.29 is 24.6 Å². The van der Waals surface area contributed by atoms with Gasteiger partial charge in [-0.3, -0.25) is 14.4 Å². The van der Waals surface area contributed by atoms with Gasteiger partial charge in [-0.15, -0.1) is 0 Å². The van der Waals surface area contributed by atoms with Crippen LogP contribution in [0.4, 0.5) is 0 Å². The number of hydrogen-bond acceptors (Lipinski definition) is 4. The summed E-state index contributed by atoms with van der Waals surface area (Å²) in [6.07, 6.45) is 14.8. The molecule has 2 aliphatic rings. The molecule has 2 saturated carbocycles. The first-order chi connectivity index (χ1) is 15.5. The second-order valence-electron chi connectivity index (χ2n) is 9.84. The van der Waals surface area contributed by atoms with Crippen LogP contribution in [0.5, 0.6) is 0 Å². The molecule has 2 unspecified atom stereocenters. The number of amides is 2. The quantitative estimate of drug-likeness (QED) is 0.298. The number of carbonyl (C=O) groups is 3. The number of carboxylic acids is 1. The highest BCUT2D eigenvalue weighted by Crippen LogP contribution is 2.28. The van der Waals surface area contributed by atoms with E-state index in [1.54, 1.807) is 0 Å². The van der Waals surface area contributed by atoms with Crippen LogP contribution in [0.1, 0.15) is 109 Å². The van der Waals surface area contributed by atoms with E-state index >= 15 is 0 Å². The van der Waals surface area contributed by atoms with Crippen molar-refractivity contribution in [2.24, 2.45) is 11.8 Å². The van der Waals surface area contributed by atoms with Crippen molar-refractivity contribution in [3.8, 4) is 0 Å². The number of aliphatic hydroxyl groups is 1. The van der Waals surface area contributed by atoms with Crippen LogP contribution in [0.25, 0.3) is 0 Å². The number of aliphatic carboxylic acids is 1. The van der Waals surface area contributed by atoms with Crippen molar-refractivity contribution in [1.29, 1.82) is 0 Å². The molecule has 0 saturated heterocycles. The summed E-state index contributed by atoms with van der Waals surface area (Å²) in [5.74, 6) is -0.178. The van der Waals surface area contributed by atoms with E-state index in [-0.39, 0.29) is 30.2 Å². The topological polar surface area (TPSA) is 116 Å². The Labute approximate surface area is 193 Å². The molecule has 0 radical (unpaired) electrons. The number of rotatable bonds is 14. The zero-order valence-electron chi connectivity index (χ0n) is 19.7. The summed E-state index contributed by atoms with van der Waals surface area (Å²) in [5.41, 5.74) is 0. The van der Waals surface area contributed by atoms with Gasteiger partial charge in [0.25, 0.3) is 0 Å². The first-order valence-electron chi connectivity index (χ1n) is 12.9. The number of unbranched alkanes of at least 4 members (excludes halogenated alkanes) is 4. The van der Waals surface area contributed by atoms with Crippen LogP contribution in [0, 0.1) is 11.8 Å². The van der Waals surface area contributed by atoms with Gasteiger partial charge < -0.3 is 20.8 Å². The van der Waals surface area contributed by atoms with Crippen LogP contribution in [-0.4, -0.2) is 46.7 Å². The van der Waals surface area contributed by atoms with E-state index in [4.69, 9.17) is 5.11 Å². The van der Waals surface area contributed by atoms with Gasteiger partial charge in [0.05, 0.1) is 12.0 Å². The molecule has 0 aromatic rings. The minimum atomic E-state index is -0.715. The Morgan fingerprint density at radius 1 is 0.781 bits per heavy atom. The second kappa shape index (κ2) is 15.3. The molecule has 2 aliphatic carbocycles. The average Bonchev–Trinajstić information content (AvgIpc) is 2.76. The molecule has 32 heavy (non-hydrogen) atoms. The highest BCUT2D eigenvalue weighted by molar-refractivity contribution is 5.79. The van der Waals surface area contributed by atoms with Crippen molar-refractivity contribution in [2.75, 3.05) is 6.54 Å². The Morgan fingerprint density at radius 3 is 2.19 bits per heavy atom. The minimum Gasteiger partial charge on any atom is -0.481 e. The van der Waals surface area contributed by atoms with Gasteiger partial charge in [0.15, 0.2) is 0 Å². The Morgan fingerprint density at radius 2 is 1.47 bits per heavy atom. The van der Waals surface area contributed by atoms with Crippen molar-refractivity contribution in [3.63, 3.8) is 0 Å². The van der Waals surface area contributed by atoms with Gasteiger partial charge in [0.1, 0.15) is 0 Å². The smallest absolute Gasteiger partial charge is 0.303 e. The van der Waals surface area contributed by atoms with Gasteiger partial charge in [0, 0.05) is 25.4 Å². The SMILES string of the molecule is O=C(O)CCCC1CCC(NC(=O)CCCCCCCNC(=O)C2CCCCC2O)CC1. The highest BCUT2D eigenvalue weighted by Gasteiger charge is 2.28. The third-order valence-corrected chi connectivity index (χ3v) is 7.16. The predicted octanol–water partition coefficient (Wildman–Crippen LogP) is 3.92. The maximum Gasteiger partial charge on any atom is 0.303 e. The molecule has 4 N–H and O–H groups in total. The summed E-state index contributed by atoms with van der Waals surface area (Å²) < 4.78 is 0. The highest BCUT2D eigenvalue weighted by atomic mass is 16.4. The van der Waals surface area contributed by atoms with E-state index in [0.29, 0.717) is 18.9 Å². The maximum absolute atomic E-state index is 12.2. The van der Waals surface area contributed by atoms with Gasteiger partial charge in [-0.05, 0) is 70.1 Å². The molecule has 2 rings (SSSR count). The summed E-state index contributed by atoms with van der Waals surface area (Å²) in [6, 6.07) is 0.282. The van der Waals surface area contributed by atoms with Gasteiger partial charge in [-0.1, -0.05) is 32.1 Å². The first-order valence-corrected chi connectivity index (χ1v) is 12.9. The molecule has 0 aromatic carbocycles. The lowest BCUT2D eigenvalue weighted by molar-refractivity contribution is -0.137. The first kappa shape index (κ1) is 26.6. The van der Waals surface area contributed by atoms with Gasteiger partial charge >= 0.3 is 5.97 Å². The summed E-state index contributed by atoms with van der Waals surface area (Å²) in [6.45, 7) is 0.668. The summed E-state index contributed by atoms with van der Waals surface area (Å²) in [7, 11) is 0. The number of carboxylic acid groups (broad SMARTS) is 1. The molecule has 2 amide bonds. The molecule has 2 fully saturated rings. The van der Waals surface area contributed by atoms with Crippen LogP contribution in [0.2, 0.25) is 0 Å². The van der Waals surface area contributed by atoms with E-state index in [1.807, 2.05) is 0 Å². The third kappa shape index (κ3) is 10.8. The lowest BCUT2D eigenvalue weighted by Gasteiger charge is -2.29. The minimum absolute atomic E-state index is 0.00293. The molecule has 0 spiro atoms. The zero-order chi connectivity index (χ0) is 23.2. The lowest BCUT2D eigenvalue weighted by Crippen LogP contribution is -2.39. The van der Waals surface area contributed by atoms with E-state index in [1.165, 1.54) is 0 Å². The number of aliphatic hydroxyl groups excluding tert-OH is 1. The largest absolute Gasteiger partial charge is 0.481 e. The fraction of sp³-hybridized carbons (Fsp3) is 0.880. The molecule has 2 atom stereocenters. The van der Waals surface area contributed by atoms with Crippen LogP contribution in [-0.2, 0) is 14.4 Å². The Balaban J connectivity index is 1.41. The van der Waals surface area contributed by atoms with Crippen LogP contribution < -0.4 is 10.6 Å². The van der Waals surface area contributed by atoms with E-state index < -0.39 is 12.1 Å². The molecular formula is C25H44N2O5. The standard InChI is InChI=1S/C25H44N2O5/c28-22-11-6-5-10-21(22)25(32)26-18-7-3-1-2-4-12-23(29)27-20-16-14-19(15-17-20)9-8-13-24(30)31/h19-22,28H,1-18H2,(H,26,32)(H,27,29)(H,30,31). The maximum atomic E-state index is 12.2. The summed E-state index contributed by atoms with van der Waals surface area (Å²) in [5, 5.41) is 24.8. The van der Waals surface area contributed by atoms with E-state index in [9.17, 15) is 19.5 Å². The lowest BCUT2D eigenvalue weighted by atomic mass is 9.83. The van der Waals surface area contributed by atoms with Crippen molar-refractivity contribution in [1.82, 2.24) is 10.6 Å². The van der Waals surface area contributed by atoms with Crippen molar-refractivity contribution in [3.05, 3.63) is 0 Å². The van der Waals surface area contributed by atoms with E-state index in [2.05, 4.69) is 10.6 Å². The third-order valence-electron chi connectivity index (χ3n) is 7.16. The molecule has 0 heterocycles. The molecule has 7 nitrogen and oxygen atoms in total.